The second-order valence-electron chi connectivity index (χ2n) is 8.32. The molecule has 0 amide bonds. The van der Waals surface area contributed by atoms with Crippen LogP contribution in [0.2, 0.25) is 0 Å². The molecule has 1 saturated heterocycles. The van der Waals surface area contributed by atoms with Crippen molar-refractivity contribution in [3.63, 3.8) is 0 Å². The number of epoxide rings is 1. The van der Waals surface area contributed by atoms with Gasteiger partial charge in [0.15, 0.2) is 11.4 Å². The van der Waals surface area contributed by atoms with Crippen molar-refractivity contribution in [1.82, 2.24) is 0 Å². The van der Waals surface area contributed by atoms with Crippen LogP contribution in [-0.4, -0.2) is 42.1 Å². The van der Waals surface area contributed by atoms with Crippen LogP contribution >= 0.6 is 0 Å². The minimum atomic E-state index is -0.644. The highest BCUT2D eigenvalue weighted by atomic mass is 16.6. The van der Waals surface area contributed by atoms with E-state index in [9.17, 15) is 14.4 Å². The summed E-state index contributed by atoms with van der Waals surface area (Å²) < 4.78 is 16.5. The minimum Gasteiger partial charge on any atom is -0.459 e. The van der Waals surface area contributed by atoms with E-state index in [0.717, 1.165) is 6.42 Å². The van der Waals surface area contributed by atoms with Gasteiger partial charge in [-0.05, 0) is 18.8 Å². The third-order valence-electron chi connectivity index (χ3n) is 6.24. The van der Waals surface area contributed by atoms with Gasteiger partial charge in [-0.15, -0.1) is 0 Å². The van der Waals surface area contributed by atoms with Gasteiger partial charge in [0.1, 0.15) is 12.2 Å². The third-order valence-corrected chi connectivity index (χ3v) is 6.24. The number of Topliss-reactive ketones (excluding diaryl/α,β-unsaturated/α-hetero) is 1. The fourth-order valence-electron chi connectivity index (χ4n) is 5.20. The summed E-state index contributed by atoms with van der Waals surface area (Å²) in [5.41, 5.74) is -1.75. The Bertz CT molecular complexity index is 590. The molecule has 6 heteroatoms. The first kappa shape index (κ1) is 17.4. The Morgan fingerprint density at radius 1 is 1.12 bits per heavy atom. The van der Waals surface area contributed by atoms with E-state index in [-0.39, 0.29) is 11.7 Å². The molecule has 24 heavy (non-hydrogen) atoms. The molecule has 0 radical (unpaired) electrons. The maximum Gasteiger partial charge on any atom is 0.303 e. The van der Waals surface area contributed by atoms with Crippen LogP contribution in [0, 0.1) is 16.7 Å². The lowest BCUT2D eigenvalue weighted by Gasteiger charge is -2.57. The lowest BCUT2D eigenvalue weighted by Crippen LogP contribution is -2.64. The zero-order chi connectivity index (χ0) is 17.9. The number of rotatable bonds is 2. The maximum absolute atomic E-state index is 13.1. The quantitative estimate of drug-likeness (QED) is 0.566. The van der Waals surface area contributed by atoms with Crippen molar-refractivity contribution in [1.29, 1.82) is 0 Å². The number of fused-ring (bicyclic) bond motifs is 1. The van der Waals surface area contributed by atoms with Crippen molar-refractivity contribution in [2.45, 2.75) is 71.7 Å². The first-order valence-corrected chi connectivity index (χ1v) is 8.56. The van der Waals surface area contributed by atoms with Crippen molar-refractivity contribution >= 4 is 17.7 Å². The summed E-state index contributed by atoms with van der Waals surface area (Å²) in [6, 6.07) is 0. The van der Waals surface area contributed by atoms with Crippen LogP contribution in [0.5, 0.6) is 0 Å². The molecule has 2 aliphatic carbocycles. The molecule has 0 aromatic rings. The summed E-state index contributed by atoms with van der Waals surface area (Å²) >= 11 is 0. The fourth-order valence-corrected chi connectivity index (χ4v) is 5.20. The molecule has 1 heterocycles. The van der Waals surface area contributed by atoms with Gasteiger partial charge in [0, 0.05) is 31.1 Å². The van der Waals surface area contributed by atoms with E-state index in [1.807, 2.05) is 20.8 Å². The Morgan fingerprint density at radius 2 is 1.71 bits per heavy atom. The number of carbonyl (C=O) groups excluding carboxylic acids is 3. The Labute approximate surface area is 142 Å². The van der Waals surface area contributed by atoms with Crippen LogP contribution in [0.15, 0.2) is 0 Å². The lowest BCUT2D eigenvalue weighted by molar-refractivity contribution is -0.212. The Balaban J connectivity index is 1.99. The van der Waals surface area contributed by atoms with Gasteiger partial charge in [0.2, 0.25) is 0 Å². The predicted molar refractivity (Wildman–Crippen MR) is 84.0 cm³/mol. The fraction of sp³-hybridized carbons (Fsp3) is 0.833. The minimum absolute atomic E-state index is 0.0449. The summed E-state index contributed by atoms with van der Waals surface area (Å²) in [7, 11) is 0. The normalized spacial score (nSPS) is 43.0. The van der Waals surface area contributed by atoms with E-state index in [0.29, 0.717) is 19.4 Å². The Hall–Kier alpha value is -1.43. The molecule has 0 bridgehead atoms. The van der Waals surface area contributed by atoms with E-state index in [2.05, 4.69) is 0 Å². The second-order valence-corrected chi connectivity index (χ2v) is 8.32. The highest BCUT2D eigenvalue weighted by molar-refractivity contribution is 5.96. The summed E-state index contributed by atoms with van der Waals surface area (Å²) in [6.45, 7) is 9.12. The first-order valence-electron chi connectivity index (χ1n) is 8.56. The van der Waals surface area contributed by atoms with Gasteiger partial charge in [0.25, 0.3) is 0 Å². The van der Waals surface area contributed by atoms with E-state index in [4.69, 9.17) is 14.2 Å². The van der Waals surface area contributed by atoms with Gasteiger partial charge >= 0.3 is 11.9 Å². The predicted octanol–water partition coefficient (Wildman–Crippen LogP) is 2.03. The molecular weight excluding hydrogens is 312 g/mol. The van der Waals surface area contributed by atoms with Crippen molar-refractivity contribution in [3.8, 4) is 0 Å². The molecule has 3 rings (SSSR count). The maximum atomic E-state index is 13.1. The molecule has 2 unspecified atom stereocenters. The average Bonchev–Trinajstić information content (AvgIpc) is 3.20. The van der Waals surface area contributed by atoms with E-state index in [1.165, 1.54) is 13.8 Å². The smallest absolute Gasteiger partial charge is 0.303 e. The molecule has 5 atom stereocenters. The SMILES string of the molecule is CC(=O)O[C@@H]1CC2(C)C(=O)[C@]3(CCC2C(C)(C)[C@H]1OC(C)=O)CO3. The zero-order valence-electron chi connectivity index (χ0n) is 15.0. The zero-order valence-corrected chi connectivity index (χ0v) is 15.0. The topological polar surface area (TPSA) is 82.2 Å². The van der Waals surface area contributed by atoms with Gasteiger partial charge in [-0.1, -0.05) is 20.8 Å². The lowest BCUT2D eigenvalue weighted by atomic mass is 9.48. The van der Waals surface area contributed by atoms with Gasteiger partial charge in [-0.2, -0.15) is 0 Å². The molecule has 134 valence electrons. The average molecular weight is 338 g/mol. The molecule has 0 aromatic heterocycles. The van der Waals surface area contributed by atoms with Crippen molar-refractivity contribution in [2.24, 2.45) is 16.7 Å². The van der Waals surface area contributed by atoms with E-state index < -0.39 is 40.6 Å². The molecule has 3 fully saturated rings. The van der Waals surface area contributed by atoms with Crippen LogP contribution in [0.3, 0.4) is 0 Å². The number of esters is 2. The largest absolute Gasteiger partial charge is 0.459 e. The first-order chi connectivity index (χ1) is 11.0. The molecular formula is C18H26O6. The highest BCUT2D eigenvalue weighted by Gasteiger charge is 2.69. The number of carbonyl (C=O) groups is 3. The van der Waals surface area contributed by atoms with Crippen molar-refractivity contribution in [2.75, 3.05) is 6.61 Å². The number of ether oxygens (including phenoxy) is 3. The van der Waals surface area contributed by atoms with Gasteiger partial charge in [0.05, 0.1) is 6.61 Å². The Kier molecular flexibility index (Phi) is 3.83. The molecule has 1 aliphatic heterocycles. The van der Waals surface area contributed by atoms with Crippen molar-refractivity contribution < 1.29 is 28.6 Å². The Morgan fingerprint density at radius 3 is 2.21 bits per heavy atom. The third kappa shape index (κ3) is 2.46. The summed E-state index contributed by atoms with van der Waals surface area (Å²) in [5.74, 6) is -0.685. The number of hydrogen-bond acceptors (Lipinski definition) is 6. The number of hydrogen-bond donors (Lipinski definition) is 0. The van der Waals surface area contributed by atoms with Crippen LogP contribution in [-0.2, 0) is 28.6 Å². The summed E-state index contributed by atoms with van der Waals surface area (Å²) in [6.07, 6.45) is 0.725. The van der Waals surface area contributed by atoms with E-state index in [1.54, 1.807) is 0 Å². The van der Waals surface area contributed by atoms with Gasteiger partial charge in [-0.3, -0.25) is 14.4 Å². The molecule has 1 spiro atoms. The van der Waals surface area contributed by atoms with Crippen LogP contribution in [0.25, 0.3) is 0 Å². The highest BCUT2D eigenvalue weighted by Crippen LogP contribution is 2.61. The molecule has 0 N–H and O–H groups in total. The van der Waals surface area contributed by atoms with E-state index >= 15 is 0 Å². The van der Waals surface area contributed by atoms with Crippen molar-refractivity contribution in [3.05, 3.63) is 0 Å². The monoisotopic (exact) mass is 338 g/mol. The molecule has 3 aliphatic rings. The summed E-state index contributed by atoms with van der Waals surface area (Å²) in [5, 5.41) is 0. The standard InChI is InChI=1S/C18H26O6/c1-10(19)23-12-8-17(5)13(6-7-18(9-22-18)15(17)21)16(3,4)14(12)24-11(2)20/h12-14H,6-9H2,1-5H3/t12-,13?,14+,17?,18+/m1/s1. The van der Waals surface area contributed by atoms with Gasteiger partial charge < -0.3 is 14.2 Å². The molecule has 6 nitrogen and oxygen atoms in total. The second kappa shape index (κ2) is 5.28. The number of ketones is 1. The molecule has 0 aromatic carbocycles. The van der Waals surface area contributed by atoms with Gasteiger partial charge in [-0.25, -0.2) is 0 Å². The molecule has 2 saturated carbocycles. The van der Waals surface area contributed by atoms with Crippen LogP contribution in [0.1, 0.15) is 53.9 Å². The summed E-state index contributed by atoms with van der Waals surface area (Å²) in [4.78, 5) is 36.3. The van der Waals surface area contributed by atoms with Crippen LogP contribution < -0.4 is 0 Å². The van der Waals surface area contributed by atoms with Crippen LogP contribution in [0.4, 0.5) is 0 Å².